The second-order valence-electron chi connectivity index (χ2n) is 5.73. The highest BCUT2D eigenvalue weighted by Crippen LogP contribution is 2.30. The van der Waals surface area contributed by atoms with Crippen molar-refractivity contribution < 1.29 is 23.0 Å². The van der Waals surface area contributed by atoms with Crippen molar-refractivity contribution in [2.75, 3.05) is 13.2 Å². The average molecular weight is 366 g/mol. The van der Waals surface area contributed by atoms with Gasteiger partial charge in [-0.05, 0) is 24.6 Å². The number of benzene rings is 1. The Kier molecular flexibility index (Phi) is 5.67. The third-order valence-electron chi connectivity index (χ3n) is 4.00. The third kappa shape index (κ3) is 4.10. The number of halogens is 2. The first-order valence-corrected chi connectivity index (χ1v) is 8.34. The Morgan fingerprint density at radius 2 is 2.23 bits per heavy atom. The summed E-state index contributed by atoms with van der Waals surface area (Å²) in [5.41, 5.74) is 2.92. The van der Waals surface area contributed by atoms with E-state index in [0.29, 0.717) is 24.4 Å². The second kappa shape index (κ2) is 8.13. The summed E-state index contributed by atoms with van der Waals surface area (Å²) in [5.74, 6) is -0.123. The molecule has 0 bridgehead atoms. The van der Waals surface area contributed by atoms with Crippen LogP contribution in [0.1, 0.15) is 34.2 Å². The number of amides is 1. The maximum Gasteiger partial charge on any atom is 0.387 e. The molecule has 3 rings (SSSR count). The zero-order valence-electron chi connectivity index (χ0n) is 14.3. The lowest BCUT2D eigenvalue weighted by atomic mass is 10.1. The number of aromatic nitrogens is 2. The number of carbonyl (C=O) groups is 1. The third-order valence-corrected chi connectivity index (χ3v) is 4.00. The molecule has 0 saturated heterocycles. The quantitative estimate of drug-likeness (QED) is 0.697. The molecular formula is C17H20F2N4O3. The molecule has 9 heteroatoms. The minimum absolute atomic E-state index is 0.0376. The number of hydrogen-bond donors (Lipinski definition) is 3. The minimum Gasteiger partial charge on any atom is -0.490 e. The summed E-state index contributed by atoms with van der Waals surface area (Å²) in [6.45, 7) is 0.783. The van der Waals surface area contributed by atoms with Crippen LogP contribution in [0.25, 0.3) is 0 Å². The van der Waals surface area contributed by atoms with Gasteiger partial charge in [0.2, 0.25) is 0 Å². The smallest absolute Gasteiger partial charge is 0.387 e. The number of hydrogen-bond acceptors (Lipinski definition) is 5. The van der Waals surface area contributed by atoms with Gasteiger partial charge in [0.25, 0.3) is 5.91 Å². The molecule has 1 aliphatic heterocycles. The van der Waals surface area contributed by atoms with Crippen molar-refractivity contribution in [1.29, 1.82) is 0 Å². The van der Waals surface area contributed by atoms with Crippen molar-refractivity contribution in [3.05, 3.63) is 40.7 Å². The topological polar surface area (TPSA) is 88.3 Å². The molecule has 1 aromatic carbocycles. The lowest BCUT2D eigenvalue weighted by Gasteiger charge is -2.14. The predicted molar refractivity (Wildman–Crippen MR) is 89.4 cm³/mol. The van der Waals surface area contributed by atoms with Gasteiger partial charge < -0.3 is 20.1 Å². The number of rotatable bonds is 7. The Balaban J connectivity index is 1.68. The van der Waals surface area contributed by atoms with E-state index in [-0.39, 0.29) is 24.0 Å². The molecule has 2 heterocycles. The molecule has 0 aliphatic carbocycles. The molecule has 0 spiro atoms. The first-order chi connectivity index (χ1) is 12.6. The van der Waals surface area contributed by atoms with Crippen LogP contribution in [0.2, 0.25) is 0 Å². The number of nitrogens with zero attached hydrogens (tertiary/aromatic N) is 1. The molecule has 2 aromatic rings. The van der Waals surface area contributed by atoms with Gasteiger partial charge in [0.15, 0.2) is 17.2 Å². The maximum absolute atomic E-state index is 12.4. The minimum atomic E-state index is -2.93. The highest BCUT2D eigenvalue weighted by molar-refractivity contribution is 5.94. The van der Waals surface area contributed by atoms with Crippen LogP contribution in [0.4, 0.5) is 8.78 Å². The monoisotopic (exact) mass is 366 g/mol. The Morgan fingerprint density at radius 3 is 3.00 bits per heavy atom. The maximum atomic E-state index is 12.4. The highest BCUT2D eigenvalue weighted by Gasteiger charge is 2.21. The molecule has 140 valence electrons. The Labute approximate surface area is 149 Å². The van der Waals surface area contributed by atoms with E-state index in [1.807, 2.05) is 0 Å². The standard InChI is InChI=1S/C17H20F2N4O3/c1-2-25-14-7-10(3-4-13(14)26-17(18)19)8-21-16(24)15-11-9-20-6-5-12(11)22-23-15/h3-4,7,17,20H,2,5-6,8-9H2,1H3,(H,21,24)(H,22,23). The summed E-state index contributed by atoms with van der Waals surface area (Å²) in [5, 5.41) is 13.0. The second-order valence-corrected chi connectivity index (χ2v) is 5.73. The van der Waals surface area contributed by atoms with Crippen molar-refractivity contribution in [1.82, 2.24) is 20.8 Å². The molecule has 1 aliphatic rings. The molecule has 1 aromatic heterocycles. The molecule has 0 radical (unpaired) electrons. The van der Waals surface area contributed by atoms with Crippen LogP contribution in [-0.2, 0) is 19.5 Å². The van der Waals surface area contributed by atoms with Crippen molar-refractivity contribution in [2.24, 2.45) is 0 Å². The molecule has 1 amide bonds. The number of H-pyrrole nitrogens is 1. The SMILES string of the molecule is CCOc1cc(CNC(=O)c2n[nH]c3c2CNCC3)ccc1OC(F)F. The Morgan fingerprint density at radius 1 is 1.38 bits per heavy atom. The number of alkyl halides is 2. The number of fused-ring (bicyclic) bond motifs is 1. The van der Waals surface area contributed by atoms with Crippen LogP contribution in [-0.4, -0.2) is 35.9 Å². The van der Waals surface area contributed by atoms with Crippen molar-refractivity contribution in [3.8, 4) is 11.5 Å². The van der Waals surface area contributed by atoms with Crippen LogP contribution < -0.4 is 20.1 Å². The van der Waals surface area contributed by atoms with Crippen molar-refractivity contribution in [2.45, 2.75) is 33.0 Å². The van der Waals surface area contributed by atoms with Crippen LogP contribution in [0.15, 0.2) is 18.2 Å². The molecule has 7 nitrogen and oxygen atoms in total. The summed E-state index contributed by atoms with van der Waals surface area (Å²) in [6, 6.07) is 4.57. The van der Waals surface area contributed by atoms with Gasteiger partial charge in [-0.1, -0.05) is 6.07 Å². The van der Waals surface area contributed by atoms with Gasteiger partial charge >= 0.3 is 6.61 Å². The van der Waals surface area contributed by atoms with E-state index in [0.717, 1.165) is 24.2 Å². The lowest BCUT2D eigenvalue weighted by molar-refractivity contribution is -0.0514. The Bertz CT molecular complexity index is 779. The van der Waals surface area contributed by atoms with Gasteiger partial charge in [0.05, 0.1) is 6.61 Å². The summed E-state index contributed by atoms with van der Waals surface area (Å²) < 4.78 is 34.6. The molecular weight excluding hydrogens is 346 g/mol. The van der Waals surface area contributed by atoms with E-state index in [1.54, 1.807) is 19.1 Å². The summed E-state index contributed by atoms with van der Waals surface area (Å²) >= 11 is 0. The Hall–Kier alpha value is -2.68. The van der Waals surface area contributed by atoms with Gasteiger partial charge in [-0.15, -0.1) is 0 Å². The van der Waals surface area contributed by atoms with E-state index < -0.39 is 6.61 Å². The first-order valence-electron chi connectivity index (χ1n) is 8.34. The fraction of sp³-hybridized carbons (Fsp3) is 0.412. The molecule has 0 saturated carbocycles. The average Bonchev–Trinajstić information content (AvgIpc) is 3.05. The lowest BCUT2D eigenvalue weighted by Crippen LogP contribution is -2.28. The summed E-state index contributed by atoms with van der Waals surface area (Å²) in [4.78, 5) is 12.4. The zero-order chi connectivity index (χ0) is 18.5. The van der Waals surface area contributed by atoms with Gasteiger partial charge in [-0.2, -0.15) is 13.9 Å². The van der Waals surface area contributed by atoms with Gasteiger partial charge in [-0.25, -0.2) is 0 Å². The number of nitrogens with one attached hydrogen (secondary N) is 3. The van der Waals surface area contributed by atoms with E-state index in [9.17, 15) is 13.6 Å². The van der Waals surface area contributed by atoms with Gasteiger partial charge in [0, 0.05) is 37.3 Å². The van der Waals surface area contributed by atoms with Crippen LogP contribution in [0.5, 0.6) is 11.5 Å². The van der Waals surface area contributed by atoms with E-state index in [4.69, 9.17) is 4.74 Å². The number of aromatic amines is 1. The highest BCUT2D eigenvalue weighted by atomic mass is 19.3. The van der Waals surface area contributed by atoms with Crippen molar-refractivity contribution in [3.63, 3.8) is 0 Å². The van der Waals surface area contributed by atoms with Gasteiger partial charge in [0.1, 0.15) is 0 Å². The van der Waals surface area contributed by atoms with E-state index in [2.05, 4.69) is 25.6 Å². The number of ether oxygens (including phenoxy) is 2. The largest absolute Gasteiger partial charge is 0.490 e. The summed E-state index contributed by atoms with van der Waals surface area (Å²) in [6.07, 6.45) is 0.804. The van der Waals surface area contributed by atoms with E-state index >= 15 is 0 Å². The fourth-order valence-electron chi connectivity index (χ4n) is 2.80. The normalized spacial score (nSPS) is 13.4. The molecule has 0 atom stereocenters. The van der Waals surface area contributed by atoms with Crippen LogP contribution in [0.3, 0.4) is 0 Å². The molecule has 0 fully saturated rings. The number of carbonyl (C=O) groups excluding carboxylic acids is 1. The van der Waals surface area contributed by atoms with E-state index in [1.165, 1.54) is 6.07 Å². The molecule has 26 heavy (non-hydrogen) atoms. The molecule has 3 N–H and O–H groups in total. The predicted octanol–water partition coefficient (Wildman–Crippen LogP) is 1.99. The molecule has 0 unspecified atom stereocenters. The van der Waals surface area contributed by atoms with Crippen LogP contribution in [0, 0.1) is 0 Å². The fourth-order valence-corrected chi connectivity index (χ4v) is 2.80. The summed E-state index contributed by atoms with van der Waals surface area (Å²) in [7, 11) is 0. The zero-order valence-corrected chi connectivity index (χ0v) is 14.3. The van der Waals surface area contributed by atoms with Crippen LogP contribution >= 0.6 is 0 Å². The van der Waals surface area contributed by atoms with Gasteiger partial charge in [-0.3, -0.25) is 9.89 Å². The van der Waals surface area contributed by atoms with Crippen molar-refractivity contribution >= 4 is 5.91 Å². The first kappa shape index (κ1) is 18.1.